The molecule has 0 fully saturated rings. The van der Waals surface area contributed by atoms with Gasteiger partial charge in [0.15, 0.2) is 0 Å². The molecule has 0 N–H and O–H groups in total. The fourth-order valence-electron chi connectivity index (χ4n) is 19.7. The Balaban J connectivity index is 0.000000142. The Morgan fingerprint density at radius 3 is 0.876 bits per heavy atom. The van der Waals surface area contributed by atoms with Crippen molar-refractivity contribution in [3.05, 3.63) is 460 Å². The minimum Gasteiger partial charge on any atom is -0.310 e. The molecule has 0 aliphatic heterocycles. The van der Waals surface area contributed by atoms with Gasteiger partial charge in [-0.3, -0.25) is 0 Å². The Labute approximate surface area is 702 Å². The topological polar surface area (TPSA) is 16.3 Å². The number of aromatic nitrogens is 2. The SMILES string of the molecule is CC1(C)c2ccccc2-c2ccc(-c3ccc4c(c3)c3cc(-c5ccc(N(c6ccccc6)c6ccc7c8ccccc8c8ccccc8c7c6)cc5)ccc3n4-c3ccccc3)cc21.c1ccc(-c2ccc(N(c3ccc(-c4ccc5c(c4)c4ccccc4n5-c4ccccc4)cc3)c3ccc4c5ccccc5c5ccccc5c4c3)cc2)cc1. The first-order valence-corrected chi connectivity index (χ1v) is 41.9. The maximum Gasteiger partial charge on any atom is 0.0541 e. The number of nitrogens with zero attached hydrogens (tertiary/aromatic N) is 4. The maximum atomic E-state index is 2.43. The number of anilines is 6. The predicted octanol–water partition coefficient (Wildman–Crippen LogP) is 32.4. The Kier molecular flexibility index (Phi) is 16.9. The molecule has 2 heterocycles. The van der Waals surface area contributed by atoms with Crippen LogP contribution in [0.3, 0.4) is 0 Å². The number of hydrogen-bond acceptors (Lipinski definition) is 2. The molecule has 1 aliphatic rings. The molecular formula is C117H80N4. The third-order valence-electron chi connectivity index (χ3n) is 25.5. The van der Waals surface area contributed by atoms with Gasteiger partial charge >= 0.3 is 0 Å². The maximum absolute atomic E-state index is 2.43. The van der Waals surface area contributed by atoms with E-state index in [1.807, 2.05) is 0 Å². The van der Waals surface area contributed by atoms with E-state index in [1.54, 1.807) is 0 Å². The second-order valence-electron chi connectivity index (χ2n) is 32.6. The molecule has 0 atom stereocenters. The smallest absolute Gasteiger partial charge is 0.0541 e. The zero-order chi connectivity index (χ0) is 80.2. The van der Waals surface area contributed by atoms with Gasteiger partial charge in [0.25, 0.3) is 0 Å². The summed E-state index contributed by atoms with van der Waals surface area (Å²) in [4.78, 5) is 4.77. The molecule has 24 rings (SSSR count). The first-order chi connectivity index (χ1) is 59.8. The largest absolute Gasteiger partial charge is 0.310 e. The molecule has 21 aromatic carbocycles. The van der Waals surface area contributed by atoms with Crippen LogP contribution in [-0.4, -0.2) is 9.13 Å². The van der Waals surface area contributed by atoms with Crippen LogP contribution in [0.4, 0.5) is 34.1 Å². The van der Waals surface area contributed by atoms with E-state index in [0.29, 0.717) is 0 Å². The van der Waals surface area contributed by atoms with E-state index in [2.05, 4.69) is 482 Å². The third-order valence-corrected chi connectivity index (χ3v) is 25.5. The van der Waals surface area contributed by atoms with Crippen LogP contribution >= 0.6 is 0 Å². The Morgan fingerprint density at radius 1 is 0.165 bits per heavy atom. The monoisotopic (exact) mass is 1540 g/mol. The van der Waals surface area contributed by atoms with Crippen LogP contribution < -0.4 is 9.80 Å². The van der Waals surface area contributed by atoms with Gasteiger partial charge in [0, 0.05) is 72.5 Å². The van der Waals surface area contributed by atoms with Crippen molar-refractivity contribution in [3.63, 3.8) is 0 Å². The van der Waals surface area contributed by atoms with E-state index in [0.717, 1.165) is 39.8 Å². The van der Waals surface area contributed by atoms with E-state index >= 15 is 0 Å². The first-order valence-electron chi connectivity index (χ1n) is 41.9. The number of rotatable bonds is 12. The highest BCUT2D eigenvalue weighted by molar-refractivity contribution is 6.27. The van der Waals surface area contributed by atoms with Crippen molar-refractivity contribution >= 4 is 142 Å². The molecule has 0 spiro atoms. The third kappa shape index (κ3) is 12.0. The molecule has 568 valence electrons. The van der Waals surface area contributed by atoms with Gasteiger partial charge in [-0.2, -0.15) is 0 Å². The second kappa shape index (κ2) is 28.9. The fraction of sp³-hybridized carbons (Fsp3) is 0.0256. The molecule has 0 radical (unpaired) electrons. The Hall–Kier alpha value is -15.6. The summed E-state index contributed by atoms with van der Waals surface area (Å²) < 4.78 is 4.78. The van der Waals surface area contributed by atoms with Crippen molar-refractivity contribution < 1.29 is 0 Å². The van der Waals surface area contributed by atoms with Crippen LogP contribution in [0.15, 0.2) is 449 Å². The molecule has 23 aromatic rings. The molecule has 0 amide bonds. The number of benzene rings is 21. The van der Waals surface area contributed by atoms with Gasteiger partial charge in [0.2, 0.25) is 0 Å². The summed E-state index contributed by atoms with van der Waals surface area (Å²) in [7, 11) is 0. The lowest BCUT2D eigenvalue weighted by Crippen LogP contribution is -2.14. The second-order valence-corrected chi connectivity index (χ2v) is 32.6. The van der Waals surface area contributed by atoms with Crippen LogP contribution in [0.5, 0.6) is 0 Å². The summed E-state index contributed by atoms with van der Waals surface area (Å²) in [5, 5.41) is 20.3. The van der Waals surface area contributed by atoms with Crippen molar-refractivity contribution in [2.24, 2.45) is 0 Å². The number of hydrogen-bond donors (Lipinski definition) is 0. The van der Waals surface area contributed by atoms with Crippen LogP contribution in [0.25, 0.3) is 175 Å². The summed E-state index contributed by atoms with van der Waals surface area (Å²) in [6, 6.07) is 165. The average molecular weight is 1540 g/mol. The summed E-state index contributed by atoms with van der Waals surface area (Å²) >= 11 is 0. The van der Waals surface area contributed by atoms with Gasteiger partial charge in [0.1, 0.15) is 0 Å². The number of fused-ring (bicyclic) bond motifs is 21. The fourth-order valence-corrected chi connectivity index (χ4v) is 19.7. The van der Waals surface area contributed by atoms with Gasteiger partial charge in [-0.05, 0) is 277 Å². The van der Waals surface area contributed by atoms with Crippen molar-refractivity contribution in [3.8, 4) is 67.0 Å². The molecule has 1 aliphatic carbocycles. The van der Waals surface area contributed by atoms with E-state index in [1.165, 1.54) is 181 Å². The Morgan fingerprint density at radius 2 is 0.438 bits per heavy atom. The zero-order valence-corrected chi connectivity index (χ0v) is 67.0. The van der Waals surface area contributed by atoms with Gasteiger partial charge in [-0.25, -0.2) is 0 Å². The summed E-state index contributed by atoms with van der Waals surface area (Å²) in [6.45, 7) is 4.72. The lowest BCUT2D eigenvalue weighted by molar-refractivity contribution is 0.660. The summed E-state index contributed by atoms with van der Waals surface area (Å²) in [5.41, 5.74) is 28.9. The molecule has 4 nitrogen and oxygen atoms in total. The molecule has 0 saturated heterocycles. The molecule has 0 bridgehead atoms. The molecule has 121 heavy (non-hydrogen) atoms. The molecule has 0 unspecified atom stereocenters. The minimum absolute atomic E-state index is 0.0579. The highest BCUT2D eigenvalue weighted by atomic mass is 15.1. The van der Waals surface area contributed by atoms with E-state index in [9.17, 15) is 0 Å². The van der Waals surface area contributed by atoms with E-state index in [4.69, 9.17) is 0 Å². The minimum atomic E-state index is -0.0579. The Bertz CT molecular complexity index is 7930. The lowest BCUT2D eigenvalue weighted by Gasteiger charge is -2.26. The van der Waals surface area contributed by atoms with Gasteiger partial charge in [-0.15, -0.1) is 0 Å². The van der Waals surface area contributed by atoms with E-state index in [-0.39, 0.29) is 5.41 Å². The van der Waals surface area contributed by atoms with E-state index < -0.39 is 0 Å². The average Bonchev–Trinajstić information content (AvgIpc) is 1.67. The summed E-state index contributed by atoms with van der Waals surface area (Å²) in [6.07, 6.45) is 0. The predicted molar refractivity (Wildman–Crippen MR) is 515 cm³/mol. The van der Waals surface area contributed by atoms with Gasteiger partial charge in [-0.1, -0.05) is 317 Å². The highest BCUT2D eigenvalue weighted by Crippen LogP contribution is 2.51. The van der Waals surface area contributed by atoms with Crippen LogP contribution in [0.1, 0.15) is 25.0 Å². The van der Waals surface area contributed by atoms with Crippen molar-refractivity contribution in [2.45, 2.75) is 19.3 Å². The highest BCUT2D eigenvalue weighted by Gasteiger charge is 2.35. The van der Waals surface area contributed by atoms with Crippen molar-refractivity contribution in [2.75, 3.05) is 9.80 Å². The van der Waals surface area contributed by atoms with Crippen molar-refractivity contribution in [1.82, 2.24) is 9.13 Å². The zero-order valence-electron chi connectivity index (χ0n) is 67.0. The molecule has 0 saturated carbocycles. The quantitative estimate of drug-likeness (QED) is 0.113. The van der Waals surface area contributed by atoms with Gasteiger partial charge < -0.3 is 18.9 Å². The standard InChI is InChI=1S/C63H44N2.C54H36N2/c1-63(2)59-24-14-13-23-54(59)55-33-27-44(39-60(55)63)43-29-36-62-58(38-43)57-37-42(28-35-61(57)65(62)46-17-7-4-8-18-46)41-25-30-47(31-26-41)64(45-15-5-3-6-16-45)48-32-34-53-51-21-10-9-19-49(51)50-20-11-12-22-52(50)56(53)40-48;1-3-13-37(14-4-1)38-23-28-42(29-24-38)55(44-32-33-49-47-19-8-7-17-45(47)46-18-9-10-20-48(46)51(49)36-44)43-30-25-39(26-31-43)40-27-34-54-52(35-40)50-21-11-12-22-53(50)56(54)41-15-5-2-6-16-41/h3-40H,1-2H3;1-36H. The lowest BCUT2D eigenvalue weighted by atomic mass is 9.81. The number of para-hydroxylation sites is 4. The first kappa shape index (κ1) is 70.8. The van der Waals surface area contributed by atoms with Crippen LogP contribution in [0.2, 0.25) is 0 Å². The van der Waals surface area contributed by atoms with Crippen LogP contribution in [-0.2, 0) is 5.41 Å². The van der Waals surface area contributed by atoms with Gasteiger partial charge in [0.05, 0.1) is 22.1 Å². The molecule has 4 heteroatoms. The molecular weight excluding hydrogens is 1460 g/mol. The van der Waals surface area contributed by atoms with Crippen LogP contribution in [0, 0.1) is 0 Å². The normalized spacial score (nSPS) is 12.3. The van der Waals surface area contributed by atoms with Crippen molar-refractivity contribution in [1.29, 1.82) is 0 Å². The molecule has 2 aromatic heterocycles. The summed E-state index contributed by atoms with van der Waals surface area (Å²) in [5.74, 6) is 0.